The Morgan fingerprint density at radius 3 is 2.36 bits per heavy atom. The number of nitrogens with zero attached hydrogens (tertiary/aromatic N) is 3. The Balaban J connectivity index is 0.00000116. The minimum absolute atomic E-state index is 0.209. The van der Waals surface area contributed by atoms with Crippen molar-refractivity contribution in [2.45, 2.75) is 34.1 Å². The Morgan fingerprint density at radius 2 is 1.77 bits per heavy atom. The summed E-state index contributed by atoms with van der Waals surface area (Å²) in [4.78, 5) is 12.9. The summed E-state index contributed by atoms with van der Waals surface area (Å²) in [5.74, 6) is 1.19. The highest BCUT2D eigenvalue weighted by Crippen LogP contribution is 2.20. The number of halogens is 1. The van der Waals surface area contributed by atoms with E-state index in [2.05, 4.69) is 28.0 Å². The van der Waals surface area contributed by atoms with Crippen LogP contribution in [0.5, 0.6) is 0 Å². The molecule has 0 aliphatic carbocycles. The van der Waals surface area contributed by atoms with Crippen molar-refractivity contribution >= 4 is 17.2 Å². The molecule has 0 atom stereocenters. The smallest absolute Gasteiger partial charge is 0.208 e. The lowest BCUT2D eigenvalue weighted by Gasteiger charge is -2.05. The van der Waals surface area contributed by atoms with Gasteiger partial charge in [0.1, 0.15) is 0 Å². The summed E-state index contributed by atoms with van der Waals surface area (Å²) in [6, 6.07) is 9.75. The van der Waals surface area contributed by atoms with Gasteiger partial charge in [-0.15, -0.1) is 0 Å². The zero-order valence-electron chi connectivity index (χ0n) is 13.5. The molecule has 0 amide bonds. The van der Waals surface area contributed by atoms with Crippen molar-refractivity contribution in [3.63, 3.8) is 0 Å². The molecule has 0 bridgehead atoms. The molecule has 0 spiro atoms. The Hall–Kier alpha value is -2.00. The number of benzene rings is 1. The molecule has 0 fully saturated rings. The van der Waals surface area contributed by atoms with Crippen LogP contribution in [-0.2, 0) is 0 Å². The van der Waals surface area contributed by atoms with Crippen LogP contribution in [0.15, 0.2) is 48.6 Å². The molecule has 3 nitrogen and oxygen atoms in total. The van der Waals surface area contributed by atoms with Gasteiger partial charge in [-0.3, -0.25) is 0 Å². The van der Waals surface area contributed by atoms with Crippen LogP contribution in [0.1, 0.15) is 39.9 Å². The zero-order valence-corrected chi connectivity index (χ0v) is 14.3. The fraction of sp³-hybridized carbons (Fsp3) is 0.278. The highest BCUT2D eigenvalue weighted by Gasteiger charge is 2.09. The Bertz CT molecular complexity index is 634. The fourth-order valence-electron chi connectivity index (χ4n) is 1.83. The lowest BCUT2D eigenvalue weighted by Crippen LogP contribution is -1.99. The predicted molar refractivity (Wildman–Crippen MR) is 94.7 cm³/mol. The molecule has 116 valence electrons. The SMILES string of the molecule is C/C=C\C(=C/CC)c1nc(Cl)nc(-c2ccccc2)n1.CC. The van der Waals surface area contributed by atoms with E-state index in [1.165, 1.54) is 0 Å². The number of allylic oxidation sites excluding steroid dienone is 4. The average molecular weight is 316 g/mol. The van der Waals surface area contributed by atoms with Crippen LogP contribution in [0.25, 0.3) is 17.0 Å². The summed E-state index contributed by atoms with van der Waals surface area (Å²) < 4.78 is 0. The first-order valence-electron chi connectivity index (χ1n) is 7.54. The molecule has 0 radical (unpaired) electrons. The van der Waals surface area contributed by atoms with E-state index >= 15 is 0 Å². The van der Waals surface area contributed by atoms with Crippen molar-refractivity contribution in [3.05, 3.63) is 59.7 Å². The molecule has 0 aliphatic rings. The molecular formula is C18H22ClN3. The predicted octanol–water partition coefficient (Wildman–Crippen LogP) is 5.59. The molecule has 0 saturated heterocycles. The Labute approximate surface area is 137 Å². The maximum atomic E-state index is 6.03. The molecule has 1 aromatic carbocycles. The first kappa shape index (κ1) is 18.1. The van der Waals surface area contributed by atoms with Gasteiger partial charge in [-0.2, -0.15) is 9.97 Å². The van der Waals surface area contributed by atoms with Crippen molar-refractivity contribution in [3.8, 4) is 11.4 Å². The summed E-state index contributed by atoms with van der Waals surface area (Å²) in [5, 5.41) is 0.209. The van der Waals surface area contributed by atoms with Crippen LogP contribution in [-0.4, -0.2) is 15.0 Å². The van der Waals surface area contributed by atoms with Crippen LogP contribution >= 0.6 is 11.6 Å². The van der Waals surface area contributed by atoms with Gasteiger partial charge in [-0.05, 0) is 24.9 Å². The summed E-state index contributed by atoms with van der Waals surface area (Å²) in [5.41, 5.74) is 1.88. The summed E-state index contributed by atoms with van der Waals surface area (Å²) in [7, 11) is 0. The van der Waals surface area contributed by atoms with Crippen LogP contribution in [0.3, 0.4) is 0 Å². The van der Waals surface area contributed by atoms with Crippen LogP contribution < -0.4 is 0 Å². The van der Waals surface area contributed by atoms with E-state index in [0.29, 0.717) is 11.6 Å². The number of hydrogen-bond acceptors (Lipinski definition) is 3. The highest BCUT2D eigenvalue weighted by molar-refractivity contribution is 6.28. The third-order valence-corrected chi connectivity index (χ3v) is 2.84. The second-order valence-electron chi connectivity index (χ2n) is 4.19. The molecular weight excluding hydrogens is 294 g/mol. The van der Waals surface area contributed by atoms with E-state index in [4.69, 9.17) is 11.6 Å². The van der Waals surface area contributed by atoms with Crippen molar-refractivity contribution < 1.29 is 0 Å². The standard InChI is InChI=1S/C16H16ClN3.C2H6/c1-3-8-12(9-4-2)14-18-15(20-16(17)19-14)13-10-6-5-7-11-13;1-2/h3,5-11H,4H2,1-2H3;1-2H3/b8-3-,12-9+;. The third-order valence-electron chi connectivity index (χ3n) is 2.67. The molecule has 4 heteroatoms. The number of aromatic nitrogens is 3. The van der Waals surface area contributed by atoms with Gasteiger partial charge in [0.2, 0.25) is 5.28 Å². The van der Waals surface area contributed by atoms with Crippen molar-refractivity contribution in [1.82, 2.24) is 15.0 Å². The van der Waals surface area contributed by atoms with Gasteiger partial charge in [-0.25, -0.2) is 4.98 Å². The van der Waals surface area contributed by atoms with Crippen molar-refractivity contribution in [2.75, 3.05) is 0 Å². The average Bonchev–Trinajstić information content (AvgIpc) is 2.57. The molecule has 1 aromatic heterocycles. The van der Waals surface area contributed by atoms with Crippen molar-refractivity contribution in [1.29, 1.82) is 0 Å². The van der Waals surface area contributed by atoms with E-state index in [1.807, 2.05) is 63.3 Å². The van der Waals surface area contributed by atoms with Gasteiger partial charge in [0.15, 0.2) is 11.6 Å². The van der Waals surface area contributed by atoms with Gasteiger partial charge in [-0.1, -0.05) is 69.3 Å². The van der Waals surface area contributed by atoms with E-state index in [0.717, 1.165) is 17.6 Å². The third kappa shape index (κ3) is 5.08. The molecule has 0 unspecified atom stereocenters. The lowest BCUT2D eigenvalue weighted by atomic mass is 10.2. The van der Waals surface area contributed by atoms with Crippen molar-refractivity contribution in [2.24, 2.45) is 0 Å². The number of hydrogen-bond donors (Lipinski definition) is 0. The zero-order chi connectivity index (χ0) is 16.4. The molecule has 0 saturated carbocycles. The minimum Gasteiger partial charge on any atom is -0.208 e. The molecule has 2 aromatic rings. The van der Waals surface area contributed by atoms with E-state index in [9.17, 15) is 0 Å². The minimum atomic E-state index is 0.209. The quantitative estimate of drug-likeness (QED) is 0.690. The normalized spacial score (nSPS) is 11.2. The first-order chi connectivity index (χ1) is 10.7. The van der Waals surface area contributed by atoms with Gasteiger partial charge < -0.3 is 0 Å². The number of rotatable bonds is 4. The lowest BCUT2D eigenvalue weighted by molar-refractivity contribution is 1.03. The highest BCUT2D eigenvalue weighted by atomic mass is 35.5. The van der Waals surface area contributed by atoms with Gasteiger partial charge in [0.05, 0.1) is 0 Å². The largest absolute Gasteiger partial charge is 0.226 e. The second-order valence-corrected chi connectivity index (χ2v) is 4.52. The van der Waals surface area contributed by atoms with E-state index < -0.39 is 0 Å². The van der Waals surface area contributed by atoms with Crippen LogP contribution in [0, 0.1) is 0 Å². The van der Waals surface area contributed by atoms with Gasteiger partial charge in [0.25, 0.3) is 0 Å². The Kier molecular flexibility index (Phi) is 8.08. The van der Waals surface area contributed by atoms with Gasteiger partial charge >= 0.3 is 0 Å². The fourth-order valence-corrected chi connectivity index (χ4v) is 1.99. The molecule has 0 N–H and O–H groups in total. The van der Waals surface area contributed by atoms with E-state index in [-0.39, 0.29) is 5.28 Å². The first-order valence-corrected chi connectivity index (χ1v) is 7.92. The molecule has 1 heterocycles. The maximum Gasteiger partial charge on any atom is 0.226 e. The monoisotopic (exact) mass is 315 g/mol. The molecule has 2 rings (SSSR count). The van der Waals surface area contributed by atoms with Crippen LogP contribution in [0.2, 0.25) is 5.28 Å². The van der Waals surface area contributed by atoms with E-state index in [1.54, 1.807) is 0 Å². The molecule has 22 heavy (non-hydrogen) atoms. The molecule has 0 aliphatic heterocycles. The van der Waals surface area contributed by atoms with Gasteiger partial charge in [0, 0.05) is 11.1 Å². The van der Waals surface area contributed by atoms with Crippen LogP contribution in [0.4, 0.5) is 0 Å². The second kappa shape index (κ2) is 9.85. The summed E-state index contributed by atoms with van der Waals surface area (Å²) in [6.45, 7) is 8.04. The Morgan fingerprint density at radius 1 is 1.09 bits per heavy atom. The topological polar surface area (TPSA) is 38.7 Å². The summed E-state index contributed by atoms with van der Waals surface area (Å²) >= 11 is 6.03. The summed E-state index contributed by atoms with van der Waals surface area (Å²) in [6.07, 6.45) is 6.91. The maximum absolute atomic E-state index is 6.03.